The Kier molecular flexibility index (Phi) is 4.09. The van der Waals surface area contributed by atoms with Crippen molar-refractivity contribution in [1.29, 1.82) is 0 Å². The number of rotatable bonds is 3. The van der Waals surface area contributed by atoms with Gasteiger partial charge in [0, 0.05) is 11.3 Å². The average Bonchev–Trinajstić information content (AvgIpc) is 3.21. The maximum atomic E-state index is 13.3. The molecule has 3 aromatic rings. The summed E-state index contributed by atoms with van der Waals surface area (Å²) in [5.41, 5.74) is 4.06. The standard InChI is InChI=1S/C20H22FN5O/c1-12-8-16(25-24-12)19(27)23-17-9-20(2,3)10-18-15(17)11-22-26(18)14-6-4-13(21)5-7-14/h4-8,11,17H,9-10H2,1-3H3,(H,23,27)(H,24,25)/t17-/m0/s1. The van der Waals surface area contributed by atoms with Crippen molar-refractivity contribution in [2.45, 2.75) is 39.7 Å². The summed E-state index contributed by atoms with van der Waals surface area (Å²) in [6, 6.07) is 7.86. The minimum absolute atomic E-state index is 0.00967. The minimum atomic E-state index is -0.278. The Morgan fingerprint density at radius 2 is 2.07 bits per heavy atom. The minimum Gasteiger partial charge on any atom is -0.344 e. The highest BCUT2D eigenvalue weighted by Crippen LogP contribution is 2.41. The second-order valence-electron chi connectivity index (χ2n) is 7.94. The molecule has 2 aromatic heterocycles. The van der Waals surface area contributed by atoms with E-state index in [4.69, 9.17) is 0 Å². The summed E-state index contributed by atoms with van der Waals surface area (Å²) in [5, 5.41) is 14.5. The number of nitrogens with zero attached hydrogens (tertiary/aromatic N) is 3. The van der Waals surface area contributed by atoms with Crippen LogP contribution in [-0.4, -0.2) is 25.9 Å². The number of aromatic nitrogens is 4. The number of halogens is 1. The number of aryl methyl sites for hydroxylation is 1. The van der Waals surface area contributed by atoms with Crippen LogP contribution < -0.4 is 5.32 Å². The van der Waals surface area contributed by atoms with Crippen LogP contribution in [0.15, 0.2) is 36.5 Å². The van der Waals surface area contributed by atoms with Crippen LogP contribution in [0.2, 0.25) is 0 Å². The van der Waals surface area contributed by atoms with Crippen molar-refractivity contribution in [2.24, 2.45) is 5.41 Å². The maximum Gasteiger partial charge on any atom is 0.272 e. The van der Waals surface area contributed by atoms with Gasteiger partial charge < -0.3 is 5.32 Å². The van der Waals surface area contributed by atoms with Gasteiger partial charge in [0.1, 0.15) is 11.5 Å². The first-order valence-electron chi connectivity index (χ1n) is 8.98. The molecular formula is C20H22FN5O. The predicted molar refractivity (Wildman–Crippen MR) is 99.2 cm³/mol. The van der Waals surface area contributed by atoms with Gasteiger partial charge in [0.15, 0.2) is 0 Å². The van der Waals surface area contributed by atoms with Crippen LogP contribution in [0.5, 0.6) is 0 Å². The van der Waals surface area contributed by atoms with Gasteiger partial charge in [-0.2, -0.15) is 10.2 Å². The number of hydrogen-bond acceptors (Lipinski definition) is 3. The van der Waals surface area contributed by atoms with Crippen LogP contribution in [-0.2, 0) is 6.42 Å². The summed E-state index contributed by atoms with van der Waals surface area (Å²) in [7, 11) is 0. The third kappa shape index (κ3) is 3.37. The van der Waals surface area contributed by atoms with E-state index in [9.17, 15) is 9.18 Å². The van der Waals surface area contributed by atoms with E-state index >= 15 is 0 Å². The molecule has 140 valence electrons. The Morgan fingerprint density at radius 3 is 2.74 bits per heavy atom. The van der Waals surface area contributed by atoms with E-state index in [1.807, 2.05) is 11.6 Å². The lowest BCUT2D eigenvalue weighted by Crippen LogP contribution is -2.37. The lowest BCUT2D eigenvalue weighted by atomic mass is 9.74. The van der Waals surface area contributed by atoms with Gasteiger partial charge in [0.05, 0.1) is 23.6 Å². The van der Waals surface area contributed by atoms with Gasteiger partial charge in [-0.3, -0.25) is 9.89 Å². The quantitative estimate of drug-likeness (QED) is 0.744. The van der Waals surface area contributed by atoms with Gasteiger partial charge in [0.2, 0.25) is 0 Å². The van der Waals surface area contributed by atoms with Crippen molar-refractivity contribution in [3.63, 3.8) is 0 Å². The van der Waals surface area contributed by atoms with Gasteiger partial charge >= 0.3 is 0 Å². The van der Waals surface area contributed by atoms with Crippen LogP contribution in [0.3, 0.4) is 0 Å². The van der Waals surface area contributed by atoms with E-state index in [0.29, 0.717) is 5.69 Å². The van der Waals surface area contributed by atoms with Gasteiger partial charge in [-0.1, -0.05) is 13.8 Å². The van der Waals surface area contributed by atoms with E-state index < -0.39 is 0 Å². The van der Waals surface area contributed by atoms with E-state index in [1.165, 1.54) is 12.1 Å². The molecule has 6 nitrogen and oxygen atoms in total. The smallest absolute Gasteiger partial charge is 0.272 e. The normalized spacial score (nSPS) is 18.1. The molecule has 0 aliphatic heterocycles. The number of carbonyl (C=O) groups excluding carboxylic acids is 1. The molecule has 0 radical (unpaired) electrons. The molecule has 27 heavy (non-hydrogen) atoms. The van der Waals surface area contributed by atoms with E-state index in [0.717, 1.165) is 35.5 Å². The molecule has 7 heteroatoms. The van der Waals surface area contributed by atoms with E-state index in [1.54, 1.807) is 24.4 Å². The third-order valence-corrected chi connectivity index (χ3v) is 4.99. The number of fused-ring (bicyclic) bond motifs is 1. The molecule has 1 aromatic carbocycles. The number of aromatic amines is 1. The molecule has 2 N–H and O–H groups in total. The second-order valence-corrected chi connectivity index (χ2v) is 7.94. The Morgan fingerprint density at radius 1 is 1.33 bits per heavy atom. The summed E-state index contributed by atoms with van der Waals surface area (Å²) in [4.78, 5) is 12.6. The van der Waals surface area contributed by atoms with Gasteiger partial charge in [-0.15, -0.1) is 0 Å². The fourth-order valence-electron chi connectivity index (χ4n) is 3.74. The van der Waals surface area contributed by atoms with Crippen LogP contribution in [0.4, 0.5) is 4.39 Å². The lowest BCUT2D eigenvalue weighted by Gasteiger charge is -2.35. The van der Waals surface area contributed by atoms with Crippen LogP contribution in [0.1, 0.15) is 53.7 Å². The first kappa shape index (κ1) is 17.5. The SMILES string of the molecule is Cc1cc(C(=O)N[C@H]2CC(C)(C)Cc3c2cnn3-c2ccc(F)cc2)n[nH]1. The van der Waals surface area contributed by atoms with E-state index in [2.05, 4.69) is 34.5 Å². The van der Waals surface area contributed by atoms with Crippen LogP contribution in [0, 0.1) is 18.2 Å². The van der Waals surface area contributed by atoms with Crippen molar-refractivity contribution < 1.29 is 9.18 Å². The molecule has 0 bridgehead atoms. The van der Waals surface area contributed by atoms with Crippen LogP contribution >= 0.6 is 0 Å². The molecule has 2 heterocycles. The molecule has 0 fully saturated rings. The molecule has 1 aliphatic carbocycles. The fourth-order valence-corrected chi connectivity index (χ4v) is 3.74. The summed E-state index contributed by atoms with van der Waals surface area (Å²) in [5.74, 6) is -0.484. The first-order chi connectivity index (χ1) is 12.8. The number of hydrogen-bond donors (Lipinski definition) is 2. The molecule has 1 atom stereocenters. The predicted octanol–water partition coefficient (Wildman–Crippen LogP) is 3.49. The first-order valence-corrected chi connectivity index (χ1v) is 8.98. The van der Waals surface area contributed by atoms with Crippen molar-refractivity contribution in [3.8, 4) is 5.69 Å². The molecule has 0 saturated heterocycles. The van der Waals surface area contributed by atoms with Crippen molar-refractivity contribution in [1.82, 2.24) is 25.3 Å². The van der Waals surface area contributed by atoms with Gasteiger partial charge in [-0.05, 0) is 55.5 Å². The topological polar surface area (TPSA) is 75.6 Å². The number of nitrogens with one attached hydrogen (secondary N) is 2. The fraction of sp³-hybridized carbons (Fsp3) is 0.350. The number of H-pyrrole nitrogens is 1. The zero-order chi connectivity index (χ0) is 19.2. The Labute approximate surface area is 156 Å². The number of benzene rings is 1. The number of amides is 1. The summed E-state index contributed by atoms with van der Waals surface area (Å²) >= 11 is 0. The average molecular weight is 367 g/mol. The largest absolute Gasteiger partial charge is 0.344 e. The summed E-state index contributed by atoms with van der Waals surface area (Å²) < 4.78 is 15.1. The van der Waals surface area contributed by atoms with Gasteiger partial charge in [-0.25, -0.2) is 9.07 Å². The molecule has 1 amide bonds. The summed E-state index contributed by atoms with van der Waals surface area (Å²) in [6.45, 7) is 6.21. The molecule has 4 rings (SSSR count). The van der Waals surface area contributed by atoms with Gasteiger partial charge in [0.25, 0.3) is 5.91 Å². The number of carbonyl (C=O) groups is 1. The molecule has 0 spiro atoms. The summed E-state index contributed by atoms with van der Waals surface area (Å²) in [6.07, 6.45) is 3.44. The maximum absolute atomic E-state index is 13.3. The highest BCUT2D eigenvalue weighted by atomic mass is 19.1. The van der Waals surface area contributed by atoms with Crippen molar-refractivity contribution in [2.75, 3.05) is 0 Å². The molecule has 0 saturated carbocycles. The third-order valence-electron chi connectivity index (χ3n) is 4.99. The zero-order valence-electron chi connectivity index (χ0n) is 15.6. The molecule has 0 unspecified atom stereocenters. The molecule has 1 aliphatic rings. The van der Waals surface area contributed by atoms with E-state index in [-0.39, 0.29) is 23.2 Å². The van der Waals surface area contributed by atoms with Crippen LogP contribution in [0.25, 0.3) is 5.69 Å². The van der Waals surface area contributed by atoms with Crippen molar-refractivity contribution in [3.05, 3.63) is 65.0 Å². The Balaban J connectivity index is 1.68. The molecular weight excluding hydrogens is 345 g/mol. The second kappa shape index (κ2) is 6.33. The Bertz CT molecular complexity index is 986. The zero-order valence-corrected chi connectivity index (χ0v) is 15.6. The lowest BCUT2D eigenvalue weighted by molar-refractivity contribution is 0.0914. The Hall–Kier alpha value is -2.96. The highest BCUT2D eigenvalue weighted by Gasteiger charge is 2.36. The monoisotopic (exact) mass is 367 g/mol. The van der Waals surface area contributed by atoms with Crippen molar-refractivity contribution >= 4 is 5.91 Å². The highest BCUT2D eigenvalue weighted by molar-refractivity contribution is 5.92.